The molecule has 24 heavy (non-hydrogen) atoms. The van der Waals surface area contributed by atoms with Crippen molar-refractivity contribution < 1.29 is 13.7 Å². The maximum Gasteiger partial charge on any atom is 0.494 e. The van der Waals surface area contributed by atoms with Gasteiger partial charge in [0.2, 0.25) is 0 Å². The number of aromatic nitrogens is 2. The summed E-state index contributed by atoms with van der Waals surface area (Å²) in [6.07, 6.45) is 5.96. The van der Waals surface area contributed by atoms with Crippen molar-refractivity contribution in [2.75, 3.05) is 0 Å². The Balaban J connectivity index is 1.60. The van der Waals surface area contributed by atoms with Crippen LogP contribution in [0.1, 0.15) is 52.1 Å². The molecular formula is C18H22BFN2O2. The lowest BCUT2D eigenvalue weighted by Crippen LogP contribution is -2.41. The van der Waals surface area contributed by atoms with Gasteiger partial charge in [-0.3, -0.25) is 0 Å². The molecule has 1 aromatic heterocycles. The molecule has 1 aromatic carbocycles. The predicted octanol–water partition coefficient (Wildman–Crippen LogP) is 3.19. The van der Waals surface area contributed by atoms with Crippen LogP contribution in [0, 0.1) is 5.82 Å². The van der Waals surface area contributed by atoms with Crippen LogP contribution in [0.2, 0.25) is 0 Å². The molecule has 0 N–H and O–H groups in total. The molecular weight excluding hydrogens is 306 g/mol. The Hall–Kier alpha value is -1.66. The van der Waals surface area contributed by atoms with Gasteiger partial charge < -0.3 is 13.9 Å². The smallest absolute Gasteiger partial charge is 0.399 e. The van der Waals surface area contributed by atoms with E-state index in [0.29, 0.717) is 17.1 Å². The normalized spacial score (nSPS) is 22.1. The fourth-order valence-electron chi connectivity index (χ4n) is 2.92. The topological polar surface area (TPSA) is 36.3 Å². The highest BCUT2D eigenvalue weighted by Gasteiger charge is 2.51. The Morgan fingerprint density at radius 3 is 2.42 bits per heavy atom. The molecule has 1 aliphatic heterocycles. The molecule has 0 bridgehead atoms. The van der Waals surface area contributed by atoms with Crippen LogP contribution < -0.4 is 5.46 Å². The summed E-state index contributed by atoms with van der Waals surface area (Å²) in [6, 6.07) is 5.11. The van der Waals surface area contributed by atoms with E-state index >= 15 is 0 Å². The van der Waals surface area contributed by atoms with Crippen molar-refractivity contribution in [2.24, 2.45) is 0 Å². The van der Waals surface area contributed by atoms with Crippen molar-refractivity contribution in [3.63, 3.8) is 0 Å². The van der Waals surface area contributed by atoms with Gasteiger partial charge in [-0.2, -0.15) is 0 Å². The third kappa shape index (κ3) is 2.58. The zero-order valence-corrected chi connectivity index (χ0v) is 14.5. The van der Waals surface area contributed by atoms with Crippen LogP contribution in [0.3, 0.4) is 0 Å². The van der Waals surface area contributed by atoms with Gasteiger partial charge in [-0.15, -0.1) is 0 Å². The lowest BCUT2D eigenvalue weighted by atomic mass is 9.79. The average Bonchev–Trinajstić information content (AvgIpc) is 3.18. The molecule has 0 spiro atoms. The maximum atomic E-state index is 14.6. The van der Waals surface area contributed by atoms with Crippen molar-refractivity contribution >= 4 is 12.6 Å². The van der Waals surface area contributed by atoms with E-state index < -0.39 is 18.3 Å². The van der Waals surface area contributed by atoms with Crippen molar-refractivity contribution in [1.82, 2.24) is 9.55 Å². The number of benzene rings is 1. The van der Waals surface area contributed by atoms with Crippen molar-refractivity contribution in [3.8, 4) is 5.69 Å². The van der Waals surface area contributed by atoms with Gasteiger partial charge in [0.1, 0.15) is 5.82 Å². The first kappa shape index (κ1) is 15.8. The summed E-state index contributed by atoms with van der Waals surface area (Å²) in [6.45, 7) is 7.95. The lowest BCUT2D eigenvalue weighted by molar-refractivity contribution is 0.00578. The van der Waals surface area contributed by atoms with Gasteiger partial charge in [-0.05, 0) is 58.1 Å². The molecule has 1 saturated heterocycles. The summed E-state index contributed by atoms with van der Waals surface area (Å²) < 4.78 is 28.4. The number of halogens is 1. The Morgan fingerprint density at radius 2 is 1.83 bits per heavy atom. The minimum Gasteiger partial charge on any atom is -0.399 e. The fourth-order valence-corrected chi connectivity index (χ4v) is 2.92. The second kappa shape index (κ2) is 5.17. The molecule has 126 valence electrons. The second-order valence-corrected chi connectivity index (χ2v) is 7.78. The number of hydrogen-bond donors (Lipinski definition) is 0. The maximum absolute atomic E-state index is 14.6. The summed E-state index contributed by atoms with van der Waals surface area (Å²) in [5, 5.41) is 0. The van der Waals surface area contributed by atoms with E-state index in [1.165, 1.54) is 18.9 Å². The predicted molar refractivity (Wildman–Crippen MR) is 91.2 cm³/mol. The van der Waals surface area contributed by atoms with Gasteiger partial charge in [0, 0.05) is 12.1 Å². The number of hydrogen-bond acceptors (Lipinski definition) is 3. The Kier molecular flexibility index (Phi) is 3.41. The molecule has 1 saturated carbocycles. The molecule has 0 amide bonds. The Bertz CT molecular complexity index is 767. The summed E-state index contributed by atoms with van der Waals surface area (Å²) in [5.74, 6) is 0.250. The van der Waals surface area contributed by atoms with Gasteiger partial charge in [-0.25, -0.2) is 9.37 Å². The monoisotopic (exact) mass is 328 g/mol. The van der Waals surface area contributed by atoms with Crippen molar-refractivity contribution in [1.29, 1.82) is 0 Å². The molecule has 2 aliphatic rings. The van der Waals surface area contributed by atoms with E-state index in [1.54, 1.807) is 17.0 Å². The zero-order chi connectivity index (χ0) is 17.1. The van der Waals surface area contributed by atoms with Crippen LogP contribution in [-0.4, -0.2) is 27.9 Å². The van der Waals surface area contributed by atoms with Gasteiger partial charge in [0.15, 0.2) is 0 Å². The Labute approximate surface area is 142 Å². The van der Waals surface area contributed by atoms with E-state index in [9.17, 15) is 4.39 Å². The third-order valence-electron chi connectivity index (χ3n) is 5.37. The van der Waals surface area contributed by atoms with Gasteiger partial charge in [0.05, 0.1) is 28.9 Å². The highest BCUT2D eigenvalue weighted by molar-refractivity contribution is 6.62. The van der Waals surface area contributed by atoms with E-state index in [1.807, 2.05) is 40.0 Å². The number of imidazole rings is 1. The quantitative estimate of drug-likeness (QED) is 0.812. The lowest BCUT2D eigenvalue weighted by Gasteiger charge is -2.32. The van der Waals surface area contributed by atoms with Gasteiger partial charge in [0.25, 0.3) is 0 Å². The third-order valence-corrected chi connectivity index (χ3v) is 5.37. The molecule has 4 rings (SSSR count). The van der Waals surface area contributed by atoms with E-state index in [2.05, 4.69) is 4.98 Å². The first-order valence-electron chi connectivity index (χ1n) is 8.46. The molecule has 1 aliphatic carbocycles. The number of rotatable bonds is 3. The molecule has 6 heteroatoms. The molecule has 2 heterocycles. The first-order chi connectivity index (χ1) is 11.3. The largest absolute Gasteiger partial charge is 0.494 e. The average molecular weight is 328 g/mol. The van der Waals surface area contributed by atoms with Crippen LogP contribution in [0.4, 0.5) is 4.39 Å². The molecule has 0 unspecified atom stereocenters. The van der Waals surface area contributed by atoms with Gasteiger partial charge >= 0.3 is 7.12 Å². The first-order valence-corrected chi connectivity index (χ1v) is 8.46. The molecule has 0 atom stereocenters. The summed E-state index contributed by atoms with van der Waals surface area (Å²) in [7, 11) is -0.552. The summed E-state index contributed by atoms with van der Waals surface area (Å²) >= 11 is 0. The molecule has 0 radical (unpaired) electrons. The van der Waals surface area contributed by atoms with Crippen LogP contribution in [0.15, 0.2) is 30.7 Å². The number of nitrogens with zero attached hydrogens (tertiary/aromatic N) is 2. The minimum atomic E-state index is -0.552. The van der Waals surface area contributed by atoms with Crippen LogP contribution in [0.5, 0.6) is 0 Å². The molecule has 4 nitrogen and oxygen atoms in total. The van der Waals surface area contributed by atoms with Crippen molar-refractivity contribution in [2.45, 2.75) is 57.7 Å². The summed E-state index contributed by atoms with van der Waals surface area (Å²) in [5.41, 5.74) is 1.36. The van der Waals surface area contributed by atoms with Gasteiger partial charge in [-0.1, -0.05) is 6.07 Å². The zero-order valence-electron chi connectivity index (χ0n) is 14.5. The highest BCUT2D eigenvalue weighted by atomic mass is 19.1. The van der Waals surface area contributed by atoms with E-state index in [4.69, 9.17) is 9.31 Å². The van der Waals surface area contributed by atoms with E-state index in [-0.39, 0.29) is 5.82 Å². The molecule has 2 aromatic rings. The minimum absolute atomic E-state index is 0.304. The van der Waals surface area contributed by atoms with E-state index in [0.717, 1.165) is 5.69 Å². The van der Waals surface area contributed by atoms with Crippen LogP contribution in [0.25, 0.3) is 5.69 Å². The molecule has 2 fully saturated rings. The summed E-state index contributed by atoms with van der Waals surface area (Å²) in [4.78, 5) is 4.38. The Morgan fingerprint density at radius 1 is 1.17 bits per heavy atom. The SMILES string of the molecule is CC1(C)OB(c2ccc(-n3cnc(C4CC4)c3)c(F)c2)OC1(C)C. The second-order valence-electron chi connectivity index (χ2n) is 7.78. The van der Waals surface area contributed by atoms with Crippen LogP contribution in [-0.2, 0) is 9.31 Å². The van der Waals surface area contributed by atoms with Crippen molar-refractivity contribution in [3.05, 3.63) is 42.2 Å². The fraction of sp³-hybridized carbons (Fsp3) is 0.500. The standard InChI is InChI=1S/C18H22BFN2O2/c1-17(2)18(3,4)24-19(23-17)13-7-8-16(14(20)9-13)22-10-15(21-11-22)12-5-6-12/h7-12H,5-6H2,1-4H3. The van der Waals surface area contributed by atoms with Crippen LogP contribution >= 0.6 is 0 Å². The highest BCUT2D eigenvalue weighted by Crippen LogP contribution is 2.39.